The van der Waals surface area contributed by atoms with Crippen LogP contribution >= 0.6 is 0 Å². The molecule has 0 spiro atoms. The van der Waals surface area contributed by atoms with E-state index in [1.165, 1.54) is 18.6 Å². The van der Waals surface area contributed by atoms with Crippen molar-refractivity contribution in [2.45, 2.75) is 49.5 Å². The molecule has 0 amide bonds. The fraction of sp³-hybridized carbons (Fsp3) is 0.571. The van der Waals surface area contributed by atoms with Crippen LogP contribution in [0, 0.1) is 0 Å². The average Bonchev–Trinajstić information content (AvgIpc) is 2.47. The van der Waals surface area contributed by atoms with Crippen molar-refractivity contribution in [1.82, 2.24) is 9.44 Å². The van der Waals surface area contributed by atoms with Gasteiger partial charge in [0.25, 0.3) is 10.2 Å². The molecule has 1 fully saturated rings. The highest BCUT2D eigenvalue weighted by atomic mass is 32.2. The first-order valence-corrected chi connectivity index (χ1v) is 10.7. The lowest BCUT2D eigenvalue weighted by atomic mass is 9.96. The second-order valence-corrected chi connectivity index (χ2v) is 8.88. The Bertz CT molecular complexity index is 709. The van der Waals surface area contributed by atoms with Crippen molar-refractivity contribution in [3.8, 4) is 0 Å². The van der Waals surface area contributed by atoms with Crippen molar-refractivity contribution in [3.63, 3.8) is 0 Å². The monoisotopic (exact) mass is 361 g/mol. The van der Waals surface area contributed by atoms with E-state index < -0.39 is 20.2 Å². The Labute approximate surface area is 137 Å². The molecule has 1 aromatic rings. The van der Waals surface area contributed by atoms with Crippen molar-refractivity contribution in [2.24, 2.45) is 5.14 Å². The molecule has 1 aliphatic rings. The molecule has 0 saturated heterocycles. The van der Waals surface area contributed by atoms with E-state index in [2.05, 4.69) is 9.44 Å². The molecule has 0 radical (unpaired) electrons. The fourth-order valence-corrected chi connectivity index (χ4v) is 4.30. The molecule has 1 saturated carbocycles. The molecule has 0 heterocycles. The predicted octanol–water partition coefficient (Wildman–Crippen LogP) is 0.633. The van der Waals surface area contributed by atoms with Crippen molar-refractivity contribution in [3.05, 3.63) is 29.8 Å². The number of primary sulfonamides is 1. The highest BCUT2D eigenvalue weighted by Crippen LogP contribution is 2.17. The Kier molecular flexibility index (Phi) is 6.15. The number of benzene rings is 1. The van der Waals surface area contributed by atoms with E-state index >= 15 is 0 Å². The van der Waals surface area contributed by atoms with E-state index in [0.717, 1.165) is 31.2 Å². The van der Waals surface area contributed by atoms with E-state index in [4.69, 9.17) is 5.14 Å². The van der Waals surface area contributed by atoms with Crippen LogP contribution in [0.3, 0.4) is 0 Å². The van der Waals surface area contributed by atoms with E-state index in [1.807, 2.05) is 0 Å². The molecule has 2 rings (SSSR count). The molecule has 1 aromatic carbocycles. The third-order valence-corrected chi connectivity index (χ3v) is 6.04. The van der Waals surface area contributed by atoms with Gasteiger partial charge in [0.1, 0.15) is 0 Å². The first-order valence-electron chi connectivity index (χ1n) is 7.65. The summed E-state index contributed by atoms with van der Waals surface area (Å²) in [6.07, 6.45) is 5.52. The van der Waals surface area contributed by atoms with Gasteiger partial charge in [0, 0.05) is 12.6 Å². The van der Waals surface area contributed by atoms with Crippen LogP contribution in [0.5, 0.6) is 0 Å². The molecule has 0 aliphatic heterocycles. The summed E-state index contributed by atoms with van der Waals surface area (Å²) < 4.78 is 51.4. The second-order valence-electron chi connectivity index (χ2n) is 5.79. The van der Waals surface area contributed by atoms with Crippen molar-refractivity contribution >= 4 is 20.2 Å². The number of nitrogens with one attached hydrogen (secondary N) is 2. The van der Waals surface area contributed by atoms with Crippen LogP contribution in [0.25, 0.3) is 0 Å². The van der Waals surface area contributed by atoms with Gasteiger partial charge in [-0.3, -0.25) is 0 Å². The Morgan fingerprint density at radius 1 is 1.00 bits per heavy atom. The maximum absolute atomic E-state index is 12.0. The summed E-state index contributed by atoms with van der Waals surface area (Å²) in [5.41, 5.74) is 0.831. The SMILES string of the molecule is NS(=O)(=O)c1ccc(CCNS(=O)(=O)NC2CCCCC2)cc1. The summed E-state index contributed by atoms with van der Waals surface area (Å²) in [7, 11) is -7.20. The minimum absolute atomic E-state index is 0.0234. The summed E-state index contributed by atoms with van der Waals surface area (Å²) in [6, 6.07) is 6.11. The number of sulfonamides is 1. The summed E-state index contributed by atoms with van der Waals surface area (Å²) in [4.78, 5) is 0.0424. The van der Waals surface area contributed by atoms with E-state index in [0.29, 0.717) is 6.42 Å². The lowest BCUT2D eigenvalue weighted by Crippen LogP contribution is -2.44. The molecule has 0 bridgehead atoms. The zero-order valence-electron chi connectivity index (χ0n) is 12.9. The fourth-order valence-electron chi connectivity index (χ4n) is 2.66. The molecule has 130 valence electrons. The minimum atomic E-state index is -3.70. The summed E-state index contributed by atoms with van der Waals surface area (Å²) in [6.45, 7) is 0.247. The Balaban J connectivity index is 1.81. The van der Waals surface area contributed by atoms with Crippen LogP contribution in [0.4, 0.5) is 0 Å². The Morgan fingerprint density at radius 3 is 2.17 bits per heavy atom. The first-order chi connectivity index (χ1) is 10.8. The van der Waals surface area contributed by atoms with Crippen LogP contribution in [0.1, 0.15) is 37.7 Å². The van der Waals surface area contributed by atoms with E-state index in [1.54, 1.807) is 12.1 Å². The van der Waals surface area contributed by atoms with Gasteiger partial charge < -0.3 is 0 Å². The summed E-state index contributed by atoms with van der Waals surface area (Å²) >= 11 is 0. The van der Waals surface area contributed by atoms with Crippen LogP contribution in [-0.2, 0) is 26.7 Å². The van der Waals surface area contributed by atoms with Gasteiger partial charge in [-0.25, -0.2) is 18.3 Å². The minimum Gasteiger partial charge on any atom is -0.225 e. The molecule has 0 aromatic heterocycles. The second kappa shape index (κ2) is 7.71. The molecular weight excluding hydrogens is 338 g/mol. The Morgan fingerprint density at radius 2 is 1.61 bits per heavy atom. The molecule has 7 nitrogen and oxygen atoms in total. The maximum atomic E-state index is 12.0. The molecule has 23 heavy (non-hydrogen) atoms. The highest BCUT2D eigenvalue weighted by Gasteiger charge is 2.19. The number of rotatable bonds is 7. The van der Waals surface area contributed by atoms with Gasteiger partial charge >= 0.3 is 0 Å². The molecule has 4 N–H and O–H groups in total. The van der Waals surface area contributed by atoms with Crippen LogP contribution in [0.2, 0.25) is 0 Å². The highest BCUT2D eigenvalue weighted by molar-refractivity contribution is 7.89. The van der Waals surface area contributed by atoms with Crippen molar-refractivity contribution in [1.29, 1.82) is 0 Å². The van der Waals surface area contributed by atoms with E-state index in [9.17, 15) is 16.8 Å². The molecule has 0 atom stereocenters. The largest absolute Gasteiger partial charge is 0.277 e. The van der Waals surface area contributed by atoms with Crippen molar-refractivity contribution in [2.75, 3.05) is 6.54 Å². The molecule has 0 unspecified atom stereocenters. The first kappa shape index (κ1) is 18.3. The van der Waals surface area contributed by atoms with Gasteiger partial charge in [-0.15, -0.1) is 0 Å². The van der Waals surface area contributed by atoms with Gasteiger partial charge in [-0.1, -0.05) is 31.4 Å². The number of hydrogen-bond acceptors (Lipinski definition) is 4. The quantitative estimate of drug-likeness (QED) is 0.660. The third-order valence-electron chi connectivity index (χ3n) is 3.88. The molecule has 1 aliphatic carbocycles. The molecular formula is C14H23N3O4S2. The maximum Gasteiger partial charge on any atom is 0.277 e. The summed E-state index contributed by atoms with van der Waals surface area (Å²) in [5.74, 6) is 0. The molecule has 9 heteroatoms. The van der Waals surface area contributed by atoms with Gasteiger partial charge in [0.2, 0.25) is 10.0 Å². The third kappa shape index (κ3) is 6.19. The predicted molar refractivity (Wildman–Crippen MR) is 88.5 cm³/mol. The number of nitrogens with two attached hydrogens (primary N) is 1. The van der Waals surface area contributed by atoms with Crippen LogP contribution in [-0.4, -0.2) is 29.4 Å². The average molecular weight is 361 g/mol. The van der Waals surface area contributed by atoms with Crippen LogP contribution < -0.4 is 14.6 Å². The topological polar surface area (TPSA) is 118 Å². The van der Waals surface area contributed by atoms with E-state index in [-0.39, 0.29) is 17.5 Å². The lowest BCUT2D eigenvalue weighted by molar-refractivity contribution is 0.410. The summed E-state index contributed by atoms with van der Waals surface area (Å²) in [5, 5.41) is 5.03. The van der Waals surface area contributed by atoms with Gasteiger partial charge in [0.15, 0.2) is 0 Å². The van der Waals surface area contributed by atoms with Crippen molar-refractivity contribution < 1.29 is 16.8 Å². The normalized spacial score (nSPS) is 17.3. The van der Waals surface area contributed by atoms with Gasteiger partial charge in [-0.2, -0.15) is 13.1 Å². The standard InChI is InChI=1S/C14H23N3O4S2/c15-22(18,19)14-8-6-12(7-9-14)10-11-16-23(20,21)17-13-4-2-1-3-5-13/h6-9,13,16-17H,1-5,10-11H2,(H2,15,18,19). The zero-order valence-corrected chi connectivity index (χ0v) is 14.5. The van der Waals surface area contributed by atoms with Gasteiger partial charge in [0.05, 0.1) is 4.90 Å². The zero-order chi connectivity index (χ0) is 16.9. The number of hydrogen-bond donors (Lipinski definition) is 3. The van der Waals surface area contributed by atoms with Gasteiger partial charge in [-0.05, 0) is 37.0 Å². The van der Waals surface area contributed by atoms with Crippen LogP contribution in [0.15, 0.2) is 29.2 Å². The smallest absolute Gasteiger partial charge is 0.225 e. The Hall–Kier alpha value is -1.00. The lowest BCUT2D eigenvalue weighted by Gasteiger charge is -2.22.